The fourth-order valence-corrected chi connectivity index (χ4v) is 2.85. The number of ether oxygens (including phenoxy) is 1. The van der Waals surface area contributed by atoms with E-state index in [2.05, 4.69) is 4.98 Å². The van der Waals surface area contributed by atoms with E-state index in [1.54, 1.807) is 6.07 Å². The van der Waals surface area contributed by atoms with Crippen molar-refractivity contribution in [2.24, 2.45) is 0 Å². The standard InChI is InChI=1S/C20H18N2O4/c1-13-6-8-15(9-7-13)25-11-14(23)10-22-12-21-18-16-4-2-3-5-17(16)26-19(18)20(22)24/h2-9,12,14,23H,10-11H2,1H3. The van der Waals surface area contributed by atoms with E-state index in [0.717, 1.165) is 10.9 Å². The van der Waals surface area contributed by atoms with Crippen molar-refractivity contribution in [2.75, 3.05) is 6.61 Å². The highest BCUT2D eigenvalue weighted by atomic mass is 16.5. The van der Waals surface area contributed by atoms with Crippen molar-refractivity contribution in [1.82, 2.24) is 9.55 Å². The van der Waals surface area contributed by atoms with Gasteiger partial charge in [0, 0.05) is 5.39 Å². The highest BCUT2D eigenvalue weighted by Crippen LogP contribution is 2.24. The molecule has 26 heavy (non-hydrogen) atoms. The van der Waals surface area contributed by atoms with E-state index in [1.807, 2.05) is 49.4 Å². The van der Waals surface area contributed by atoms with Crippen molar-refractivity contribution in [3.05, 3.63) is 70.8 Å². The van der Waals surface area contributed by atoms with E-state index in [0.29, 0.717) is 16.8 Å². The Bertz CT molecular complexity index is 1110. The van der Waals surface area contributed by atoms with Crippen LogP contribution in [0, 0.1) is 6.92 Å². The summed E-state index contributed by atoms with van der Waals surface area (Å²) in [5.41, 5.74) is 2.16. The van der Waals surface area contributed by atoms with Gasteiger partial charge in [-0.3, -0.25) is 9.36 Å². The second-order valence-electron chi connectivity index (χ2n) is 6.26. The van der Waals surface area contributed by atoms with Crippen LogP contribution in [0.5, 0.6) is 5.75 Å². The average molecular weight is 350 g/mol. The minimum atomic E-state index is -0.849. The topological polar surface area (TPSA) is 77.5 Å². The number of aryl methyl sites for hydroxylation is 1. The highest BCUT2D eigenvalue weighted by Gasteiger charge is 2.15. The van der Waals surface area contributed by atoms with Gasteiger partial charge in [0.25, 0.3) is 5.56 Å². The molecule has 1 atom stereocenters. The molecule has 0 radical (unpaired) electrons. The van der Waals surface area contributed by atoms with Crippen molar-refractivity contribution in [3.63, 3.8) is 0 Å². The molecule has 6 nitrogen and oxygen atoms in total. The summed E-state index contributed by atoms with van der Waals surface area (Å²) in [6, 6.07) is 14.9. The van der Waals surface area contributed by atoms with Gasteiger partial charge in [-0.05, 0) is 31.2 Å². The number of nitrogens with zero attached hydrogens (tertiary/aromatic N) is 2. The first-order valence-electron chi connectivity index (χ1n) is 8.36. The van der Waals surface area contributed by atoms with Crippen molar-refractivity contribution < 1.29 is 14.3 Å². The second-order valence-corrected chi connectivity index (χ2v) is 6.26. The number of benzene rings is 2. The number of aliphatic hydroxyl groups excluding tert-OH is 1. The molecular formula is C20H18N2O4. The third-order valence-corrected chi connectivity index (χ3v) is 4.22. The highest BCUT2D eigenvalue weighted by molar-refractivity contribution is 6.01. The molecular weight excluding hydrogens is 332 g/mol. The molecule has 0 bridgehead atoms. The van der Waals surface area contributed by atoms with Crippen molar-refractivity contribution >= 4 is 22.1 Å². The molecule has 1 unspecified atom stereocenters. The van der Waals surface area contributed by atoms with Gasteiger partial charge in [-0.25, -0.2) is 4.98 Å². The number of fused-ring (bicyclic) bond motifs is 3. The predicted molar refractivity (Wildman–Crippen MR) is 98.5 cm³/mol. The van der Waals surface area contributed by atoms with E-state index in [1.165, 1.54) is 10.9 Å². The summed E-state index contributed by atoms with van der Waals surface area (Å²) in [7, 11) is 0. The van der Waals surface area contributed by atoms with Crippen molar-refractivity contribution in [3.8, 4) is 5.75 Å². The third kappa shape index (κ3) is 3.07. The summed E-state index contributed by atoms with van der Waals surface area (Å²) in [5.74, 6) is 0.674. The van der Waals surface area contributed by atoms with Crippen LogP contribution in [0.2, 0.25) is 0 Å². The SMILES string of the molecule is Cc1ccc(OCC(O)Cn2cnc3c(oc4ccccc43)c2=O)cc1. The Kier molecular flexibility index (Phi) is 4.18. The number of aliphatic hydroxyl groups is 1. The molecule has 0 saturated heterocycles. The minimum Gasteiger partial charge on any atom is -0.491 e. The first kappa shape index (κ1) is 16.4. The van der Waals surface area contributed by atoms with Crippen LogP contribution < -0.4 is 10.3 Å². The zero-order valence-electron chi connectivity index (χ0n) is 14.3. The summed E-state index contributed by atoms with van der Waals surface area (Å²) in [6.07, 6.45) is 0.583. The van der Waals surface area contributed by atoms with Crippen LogP contribution in [0.25, 0.3) is 22.1 Å². The number of para-hydroxylation sites is 1. The fraction of sp³-hybridized carbons (Fsp3) is 0.200. The van der Waals surface area contributed by atoms with Gasteiger partial charge >= 0.3 is 0 Å². The van der Waals surface area contributed by atoms with Gasteiger partial charge in [-0.2, -0.15) is 0 Å². The largest absolute Gasteiger partial charge is 0.491 e. The summed E-state index contributed by atoms with van der Waals surface area (Å²) in [4.78, 5) is 17.0. The molecule has 4 aromatic rings. The molecule has 132 valence electrons. The first-order chi connectivity index (χ1) is 12.6. The monoisotopic (exact) mass is 350 g/mol. The molecule has 0 amide bonds. The first-order valence-corrected chi connectivity index (χ1v) is 8.36. The van der Waals surface area contributed by atoms with E-state index in [4.69, 9.17) is 9.15 Å². The van der Waals surface area contributed by atoms with Gasteiger partial charge < -0.3 is 14.3 Å². The lowest BCUT2D eigenvalue weighted by Crippen LogP contribution is -2.30. The van der Waals surface area contributed by atoms with Crippen molar-refractivity contribution in [1.29, 1.82) is 0 Å². The Hall–Kier alpha value is -3.12. The third-order valence-electron chi connectivity index (χ3n) is 4.22. The van der Waals surface area contributed by atoms with Gasteiger partial charge in [0.1, 0.15) is 29.6 Å². The van der Waals surface area contributed by atoms with Crippen LogP contribution in [0.3, 0.4) is 0 Å². The Morgan fingerprint density at radius 3 is 2.77 bits per heavy atom. The number of furan rings is 1. The molecule has 0 aliphatic carbocycles. The number of hydrogen-bond donors (Lipinski definition) is 1. The lowest BCUT2D eigenvalue weighted by atomic mass is 10.2. The van der Waals surface area contributed by atoms with Gasteiger partial charge in [-0.15, -0.1) is 0 Å². The van der Waals surface area contributed by atoms with Crippen LogP contribution in [0.15, 0.2) is 64.1 Å². The van der Waals surface area contributed by atoms with Crippen LogP contribution in [-0.2, 0) is 6.54 Å². The van der Waals surface area contributed by atoms with Gasteiger partial charge in [0.15, 0.2) is 0 Å². The Morgan fingerprint density at radius 2 is 1.96 bits per heavy atom. The Labute approximate surface area is 149 Å². The van der Waals surface area contributed by atoms with E-state index in [9.17, 15) is 9.90 Å². The fourth-order valence-electron chi connectivity index (χ4n) is 2.85. The van der Waals surface area contributed by atoms with Crippen LogP contribution in [0.1, 0.15) is 5.56 Å². The summed E-state index contributed by atoms with van der Waals surface area (Å²) in [6.45, 7) is 2.14. The molecule has 2 aromatic heterocycles. The molecule has 0 saturated carbocycles. The maximum absolute atomic E-state index is 12.6. The number of rotatable bonds is 5. The molecule has 6 heteroatoms. The van der Waals surface area contributed by atoms with Crippen LogP contribution in [0.4, 0.5) is 0 Å². The molecule has 0 aliphatic rings. The van der Waals surface area contributed by atoms with E-state index in [-0.39, 0.29) is 24.3 Å². The molecule has 2 heterocycles. The van der Waals surface area contributed by atoms with Gasteiger partial charge in [-0.1, -0.05) is 29.8 Å². The normalized spacial score (nSPS) is 12.5. The average Bonchev–Trinajstić information content (AvgIpc) is 3.03. The maximum atomic E-state index is 12.6. The smallest absolute Gasteiger partial charge is 0.297 e. The lowest BCUT2D eigenvalue weighted by Gasteiger charge is -2.13. The summed E-state index contributed by atoms with van der Waals surface area (Å²) in [5, 5.41) is 11.0. The summed E-state index contributed by atoms with van der Waals surface area (Å²) < 4.78 is 12.5. The molecule has 4 rings (SSSR count). The van der Waals surface area contributed by atoms with Crippen LogP contribution in [-0.4, -0.2) is 27.4 Å². The maximum Gasteiger partial charge on any atom is 0.297 e. The molecule has 0 fully saturated rings. The quantitative estimate of drug-likeness (QED) is 0.599. The molecule has 0 aliphatic heterocycles. The summed E-state index contributed by atoms with van der Waals surface area (Å²) >= 11 is 0. The van der Waals surface area contributed by atoms with E-state index < -0.39 is 6.10 Å². The minimum absolute atomic E-state index is 0.0741. The predicted octanol–water partition coefficient (Wildman–Crippen LogP) is 2.89. The Morgan fingerprint density at radius 1 is 1.19 bits per heavy atom. The molecule has 0 spiro atoms. The van der Waals surface area contributed by atoms with Gasteiger partial charge in [0.2, 0.25) is 5.58 Å². The number of hydrogen-bond acceptors (Lipinski definition) is 5. The zero-order valence-corrected chi connectivity index (χ0v) is 14.3. The molecule has 2 aromatic carbocycles. The van der Waals surface area contributed by atoms with Crippen LogP contribution >= 0.6 is 0 Å². The second kappa shape index (κ2) is 6.65. The zero-order chi connectivity index (χ0) is 18.1. The lowest BCUT2D eigenvalue weighted by molar-refractivity contribution is 0.0914. The van der Waals surface area contributed by atoms with Crippen molar-refractivity contribution in [2.45, 2.75) is 19.6 Å². The van der Waals surface area contributed by atoms with Gasteiger partial charge in [0.05, 0.1) is 12.9 Å². The Balaban J connectivity index is 1.53. The molecule has 1 N–H and O–H groups in total. The van der Waals surface area contributed by atoms with E-state index >= 15 is 0 Å². The number of aromatic nitrogens is 2.